The summed E-state index contributed by atoms with van der Waals surface area (Å²) in [6.07, 6.45) is 0. The van der Waals surface area contributed by atoms with Crippen molar-refractivity contribution in [3.63, 3.8) is 0 Å². The van der Waals surface area contributed by atoms with E-state index in [2.05, 4.69) is 5.32 Å². The third kappa shape index (κ3) is 3.06. The Labute approximate surface area is 133 Å². The predicted molar refractivity (Wildman–Crippen MR) is 88.2 cm³/mol. The highest BCUT2D eigenvalue weighted by atomic mass is 16.4. The molecule has 3 aromatic carbocycles. The van der Waals surface area contributed by atoms with Crippen molar-refractivity contribution in [1.29, 1.82) is 0 Å². The highest BCUT2D eigenvalue weighted by Crippen LogP contribution is 2.25. The summed E-state index contributed by atoms with van der Waals surface area (Å²) >= 11 is 0. The minimum Gasteiger partial charge on any atom is -0.479 e. The Balaban J connectivity index is 1.99. The number of carboxylic acids is 1. The molecular weight excluding hydrogens is 290 g/mol. The van der Waals surface area contributed by atoms with Crippen molar-refractivity contribution < 1.29 is 14.7 Å². The zero-order valence-corrected chi connectivity index (χ0v) is 12.3. The Morgan fingerprint density at radius 1 is 0.826 bits per heavy atom. The summed E-state index contributed by atoms with van der Waals surface area (Å²) in [4.78, 5) is 24.0. The van der Waals surface area contributed by atoms with E-state index in [1.54, 1.807) is 42.5 Å². The Kier molecular flexibility index (Phi) is 4.06. The van der Waals surface area contributed by atoms with Gasteiger partial charge in [0.2, 0.25) is 0 Å². The number of fused-ring (bicyclic) bond motifs is 1. The third-order valence-electron chi connectivity index (χ3n) is 3.69. The molecule has 23 heavy (non-hydrogen) atoms. The molecule has 0 heterocycles. The number of hydrogen-bond acceptors (Lipinski definition) is 2. The number of carbonyl (C=O) groups is 2. The van der Waals surface area contributed by atoms with Crippen LogP contribution in [0.15, 0.2) is 72.8 Å². The first-order valence-corrected chi connectivity index (χ1v) is 7.23. The molecule has 3 rings (SSSR count). The highest BCUT2D eigenvalue weighted by Gasteiger charge is 2.24. The lowest BCUT2D eigenvalue weighted by Gasteiger charge is -2.17. The van der Waals surface area contributed by atoms with Crippen molar-refractivity contribution in [2.75, 3.05) is 0 Å². The minimum atomic E-state index is -1.10. The van der Waals surface area contributed by atoms with Crippen molar-refractivity contribution in [3.05, 3.63) is 83.9 Å². The first-order chi connectivity index (χ1) is 11.2. The Morgan fingerprint density at radius 3 is 2.22 bits per heavy atom. The van der Waals surface area contributed by atoms with Crippen LogP contribution in [0, 0.1) is 0 Å². The molecule has 3 aromatic rings. The van der Waals surface area contributed by atoms with E-state index in [9.17, 15) is 14.7 Å². The monoisotopic (exact) mass is 305 g/mol. The maximum absolute atomic E-state index is 12.3. The van der Waals surface area contributed by atoms with E-state index < -0.39 is 17.9 Å². The Hall–Kier alpha value is -3.14. The molecule has 0 spiro atoms. The van der Waals surface area contributed by atoms with Gasteiger partial charge in [-0.1, -0.05) is 60.7 Å². The van der Waals surface area contributed by atoms with E-state index in [0.717, 1.165) is 10.8 Å². The topological polar surface area (TPSA) is 66.4 Å². The van der Waals surface area contributed by atoms with Gasteiger partial charge in [-0.25, -0.2) is 4.79 Å². The predicted octanol–water partition coefficient (Wildman–Crippen LogP) is 3.40. The van der Waals surface area contributed by atoms with Crippen molar-refractivity contribution in [1.82, 2.24) is 5.32 Å². The van der Waals surface area contributed by atoms with Gasteiger partial charge in [-0.05, 0) is 28.5 Å². The van der Waals surface area contributed by atoms with Gasteiger partial charge >= 0.3 is 5.97 Å². The van der Waals surface area contributed by atoms with Crippen LogP contribution in [0.3, 0.4) is 0 Å². The van der Waals surface area contributed by atoms with Crippen LogP contribution in [0.4, 0.5) is 0 Å². The van der Waals surface area contributed by atoms with Crippen LogP contribution >= 0.6 is 0 Å². The number of amides is 1. The fourth-order valence-corrected chi connectivity index (χ4v) is 2.58. The fraction of sp³-hybridized carbons (Fsp3) is 0.0526. The summed E-state index contributed by atoms with van der Waals surface area (Å²) in [5, 5.41) is 13.9. The quantitative estimate of drug-likeness (QED) is 0.776. The second-order valence-corrected chi connectivity index (χ2v) is 5.18. The minimum absolute atomic E-state index is 0.411. The molecular formula is C19H15NO3. The molecule has 114 valence electrons. The first kappa shape index (κ1) is 14.8. The van der Waals surface area contributed by atoms with Gasteiger partial charge in [-0.2, -0.15) is 0 Å². The second kappa shape index (κ2) is 6.32. The van der Waals surface area contributed by atoms with Crippen molar-refractivity contribution in [3.8, 4) is 0 Å². The standard InChI is InChI=1S/C19H15NO3/c21-18(14-8-2-1-3-9-14)20-17(19(22)23)16-12-6-10-13-7-4-5-11-15(13)16/h1-12,17H,(H,20,21)(H,22,23). The van der Waals surface area contributed by atoms with Gasteiger partial charge in [0.15, 0.2) is 6.04 Å². The molecule has 0 saturated carbocycles. The molecule has 0 aliphatic heterocycles. The number of carboxylic acid groups (broad SMARTS) is 1. The smallest absolute Gasteiger partial charge is 0.330 e. The van der Waals surface area contributed by atoms with E-state index in [1.165, 1.54) is 0 Å². The number of aliphatic carboxylic acids is 1. The number of nitrogens with one attached hydrogen (secondary N) is 1. The van der Waals surface area contributed by atoms with Crippen molar-refractivity contribution in [2.24, 2.45) is 0 Å². The molecule has 1 atom stereocenters. The molecule has 2 N–H and O–H groups in total. The lowest BCUT2D eigenvalue weighted by atomic mass is 9.98. The molecule has 0 bridgehead atoms. The average molecular weight is 305 g/mol. The van der Waals surface area contributed by atoms with E-state index in [4.69, 9.17) is 0 Å². The SMILES string of the molecule is O=C(NC(C(=O)O)c1cccc2ccccc12)c1ccccc1. The van der Waals surface area contributed by atoms with Crippen LogP contribution in [-0.4, -0.2) is 17.0 Å². The molecule has 4 nitrogen and oxygen atoms in total. The first-order valence-electron chi connectivity index (χ1n) is 7.23. The molecule has 1 amide bonds. The summed E-state index contributed by atoms with van der Waals surface area (Å²) < 4.78 is 0. The maximum Gasteiger partial charge on any atom is 0.330 e. The lowest BCUT2D eigenvalue weighted by Crippen LogP contribution is -2.33. The van der Waals surface area contributed by atoms with Crippen LogP contribution < -0.4 is 5.32 Å². The van der Waals surface area contributed by atoms with Crippen LogP contribution in [-0.2, 0) is 4.79 Å². The number of benzene rings is 3. The summed E-state index contributed by atoms with van der Waals surface area (Å²) in [6, 6.07) is 20.4. The maximum atomic E-state index is 12.3. The number of carbonyl (C=O) groups excluding carboxylic acids is 1. The van der Waals surface area contributed by atoms with Gasteiger partial charge in [0.25, 0.3) is 5.91 Å². The van der Waals surface area contributed by atoms with E-state index in [0.29, 0.717) is 11.1 Å². The van der Waals surface area contributed by atoms with Gasteiger partial charge in [0.05, 0.1) is 0 Å². The van der Waals surface area contributed by atoms with Crippen molar-refractivity contribution >= 4 is 22.6 Å². The number of hydrogen-bond donors (Lipinski definition) is 2. The molecule has 0 saturated heterocycles. The summed E-state index contributed by atoms with van der Waals surface area (Å²) in [6.45, 7) is 0. The van der Waals surface area contributed by atoms with E-state index >= 15 is 0 Å². The van der Waals surface area contributed by atoms with Crippen LogP contribution in [0.5, 0.6) is 0 Å². The van der Waals surface area contributed by atoms with Gasteiger partial charge in [-0.3, -0.25) is 4.79 Å². The summed E-state index contributed by atoms with van der Waals surface area (Å²) in [7, 11) is 0. The molecule has 0 aromatic heterocycles. The summed E-state index contributed by atoms with van der Waals surface area (Å²) in [5.74, 6) is -1.50. The third-order valence-corrected chi connectivity index (χ3v) is 3.69. The van der Waals surface area contributed by atoms with Gasteiger partial charge in [-0.15, -0.1) is 0 Å². The van der Waals surface area contributed by atoms with Crippen LogP contribution in [0.2, 0.25) is 0 Å². The van der Waals surface area contributed by atoms with E-state index in [-0.39, 0.29) is 0 Å². The highest BCUT2D eigenvalue weighted by molar-refractivity contribution is 5.98. The van der Waals surface area contributed by atoms with Gasteiger partial charge in [0.1, 0.15) is 0 Å². The molecule has 0 radical (unpaired) electrons. The largest absolute Gasteiger partial charge is 0.479 e. The zero-order chi connectivity index (χ0) is 16.2. The van der Waals surface area contributed by atoms with E-state index in [1.807, 2.05) is 30.3 Å². The second-order valence-electron chi connectivity index (χ2n) is 5.18. The molecule has 0 aliphatic carbocycles. The van der Waals surface area contributed by atoms with Gasteiger partial charge in [0, 0.05) is 5.56 Å². The Morgan fingerprint density at radius 2 is 1.48 bits per heavy atom. The van der Waals surface area contributed by atoms with Crippen LogP contribution in [0.1, 0.15) is 22.0 Å². The Bertz CT molecular complexity index is 853. The lowest BCUT2D eigenvalue weighted by molar-refractivity contribution is -0.139. The average Bonchev–Trinajstić information content (AvgIpc) is 2.59. The van der Waals surface area contributed by atoms with Gasteiger partial charge < -0.3 is 10.4 Å². The fourth-order valence-electron chi connectivity index (χ4n) is 2.58. The van der Waals surface area contributed by atoms with Crippen molar-refractivity contribution in [2.45, 2.75) is 6.04 Å². The molecule has 4 heteroatoms. The normalized spacial score (nSPS) is 11.8. The zero-order valence-electron chi connectivity index (χ0n) is 12.3. The molecule has 1 unspecified atom stereocenters. The number of rotatable bonds is 4. The summed E-state index contributed by atoms with van der Waals surface area (Å²) in [5.41, 5.74) is 0.999. The molecule has 0 aliphatic rings. The van der Waals surface area contributed by atoms with Crippen LogP contribution in [0.25, 0.3) is 10.8 Å². The molecule has 0 fully saturated rings.